The number of aromatic nitrogens is 3. The number of hydrogen-bond donors (Lipinski definition) is 0. The number of nitrogens with zero attached hydrogens (tertiary/aromatic N) is 5. The molecule has 0 atom stereocenters. The number of amides is 1. The molecule has 4 rings (SSSR count). The summed E-state index contributed by atoms with van der Waals surface area (Å²) in [6, 6.07) is 10.0. The summed E-state index contributed by atoms with van der Waals surface area (Å²) in [4.78, 5) is 25.1. The Hall–Kier alpha value is -2.60. The predicted molar refractivity (Wildman–Crippen MR) is 108 cm³/mol. The van der Waals surface area contributed by atoms with Gasteiger partial charge in [0.15, 0.2) is 0 Å². The second kappa shape index (κ2) is 7.19. The normalized spacial score (nSPS) is 15.2. The molecule has 0 spiro atoms. The highest BCUT2D eigenvalue weighted by atomic mass is 35.5. The van der Waals surface area contributed by atoms with Gasteiger partial charge < -0.3 is 14.4 Å². The van der Waals surface area contributed by atoms with Crippen molar-refractivity contribution in [3.05, 3.63) is 41.6 Å². The van der Waals surface area contributed by atoms with Crippen molar-refractivity contribution in [1.29, 1.82) is 0 Å². The molecule has 140 valence electrons. The fourth-order valence-corrected chi connectivity index (χ4v) is 3.81. The minimum atomic E-state index is 0.126. The number of imidazole rings is 1. The number of halogens is 1. The van der Waals surface area contributed by atoms with Gasteiger partial charge in [0.25, 0.3) is 0 Å². The van der Waals surface area contributed by atoms with E-state index in [1.165, 1.54) is 0 Å². The van der Waals surface area contributed by atoms with Crippen LogP contribution >= 0.6 is 11.6 Å². The monoisotopic (exact) mass is 383 g/mol. The van der Waals surface area contributed by atoms with Gasteiger partial charge in [-0.1, -0.05) is 23.7 Å². The lowest BCUT2D eigenvalue weighted by Gasteiger charge is -2.23. The molecule has 6 nitrogen and oxygen atoms in total. The lowest BCUT2D eigenvalue weighted by Crippen LogP contribution is -2.33. The largest absolute Gasteiger partial charge is 0.355 e. The van der Waals surface area contributed by atoms with Gasteiger partial charge in [0, 0.05) is 51.9 Å². The highest BCUT2D eigenvalue weighted by Gasteiger charge is 2.20. The van der Waals surface area contributed by atoms with Gasteiger partial charge in [0.1, 0.15) is 11.6 Å². The molecule has 1 aromatic carbocycles. The highest BCUT2D eigenvalue weighted by molar-refractivity contribution is 6.33. The van der Waals surface area contributed by atoms with Crippen LogP contribution < -0.4 is 4.90 Å². The first-order chi connectivity index (χ1) is 13.0. The Bertz CT molecular complexity index is 999. The fourth-order valence-electron chi connectivity index (χ4n) is 3.62. The van der Waals surface area contributed by atoms with Crippen LogP contribution in [0.5, 0.6) is 0 Å². The zero-order chi connectivity index (χ0) is 19.0. The Morgan fingerprint density at radius 1 is 1.15 bits per heavy atom. The minimum Gasteiger partial charge on any atom is -0.355 e. The maximum Gasteiger partial charge on any atom is 0.219 e. The summed E-state index contributed by atoms with van der Waals surface area (Å²) in [5.74, 6) is 1.82. The van der Waals surface area contributed by atoms with Crippen LogP contribution in [0.25, 0.3) is 22.4 Å². The van der Waals surface area contributed by atoms with E-state index in [1.54, 1.807) is 13.1 Å². The zero-order valence-electron chi connectivity index (χ0n) is 15.5. The molecule has 0 unspecified atom stereocenters. The number of para-hydroxylation sites is 2. The molecule has 1 amide bonds. The summed E-state index contributed by atoms with van der Waals surface area (Å²) in [6.07, 6.45) is 2.62. The molecule has 1 aliphatic rings. The third-order valence-corrected chi connectivity index (χ3v) is 5.44. The molecule has 1 saturated heterocycles. The fraction of sp³-hybridized carbons (Fsp3) is 0.350. The number of carbonyl (C=O) groups excluding carboxylic acids is 1. The maximum atomic E-state index is 11.7. The lowest BCUT2D eigenvalue weighted by molar-refractivity contribution is -0.128. The number of benzene rings is 1. The van der Waals surface area contributed by atoms with E-state index in [-0.39, 0.29) is 5.91 Å². The first-order valence-electron chi connectivity index (χ1n) is 9.12. The van der Waals surface area contributed by atoms with Gasteiger partial charge in [-0.2, -0.15) is 0 Å². The van der Waals surface area contributed by atoms with E-state index in [9.17, 15) is 4.79 Å². The summed E-state index contributed by atoms with van der Waals surface area (Å²) in [5, 5.41) is 0.581. The zero-order valence-corrected chi connectivity index (χ0v) is 16.3. The van der Waals surface area contributed by atoms with Gasteiger partial charge in [0.2, 0.25) is 5.91 Å². The van der Waals surface area contributed by atoms with Crippen LogP contribution in [-0.2, 0) is 11.8 Å². The quantitative estimate of drug-likeness (QED) is 0.681. The van der Waals surface area contributed by atoms with Gasteiger partial charge in [0.05, 0.1) is 16.1 Å². The molecule has 7 heteroatoms. The summed E-state index contributed by atoms with van der Waals surface area (Å²) in [7, 11) is 2.00. The molecule has 3 aromatic rings. The number of aryl methyl sites for hydroxylation is 1. The first kappa shape index (κ1) is 17.8. The van der Waals surface area contributed by atoms with Crippen LogP contribution in [0.1, 0.15) is 13.3 Å². The Balaban J connectivity index is 1.69. The molecular weight excluding hydrogens is 362 g/mol. The second-order valence-corrected chi connectivity index (χ2v) is 7.26. The van der Waals surface area contributed by atoms with Crippen LogP contribution in [0.15, 0.2) is 36.5 Å². The highest BCUT2D eigenvalue weighted by Crippen LogP contribution is 2.31. The van der Waals surface area contributed by atoms with Crippen LogP contribution in [0.2, 0.25) is 5.02 Å². The van der Waals surface area contributed by atoms with Gasteiger partial charge in [-0.3, -0.25) is 4.79 Å². The number of carbonyl (C=O) groups is 1. The SMILES string of the molecule is CC(=O)N1CCCN(c2cc(-c3nc4ccccc4n3C)c(Cl)cn2)CC1. The molecule has 0 saturated carbocycles. The summed E-state index contributed by atoms with van der Waals surface area (Å²) < 4.78 is 2.06. The van der Waals surface area contributed by atoms with Crippen LogP contribution in [-0.4, -0.2) is 51.5 Å². The first-order valence-corrected chi connectivity index (χ1v) is 9.50. The topological polar surface area (TPSA) is 54.3 Å². The third kappa shape index (κ3) is 3.37. The Kier molecular flexibility index (Phi) is 4.74. The summed E-state index contributed by atoms with van der Waals surface area (Å²) >= 11 is 6.48. The van der Waals surface area contributed by atoms with Crippen molar-refractivity contribution >= 4 is 34.4 Å². The van der Waals surface area contributed by atoms with Crippen molar-refractivity contribution in [2.24, 2.45) is 7.05 Å². The Labute approximate surface area is 163 Å². The number of hydrogen-bond acceptors (Lipinski definition) is 4. The molecule has 1 aliphatic heterocycles. The van der Waals surface area contributed by atoms with Crippen molar-refractivity contribution in [2.45, 2.75) is 13.3 Å². The standard InChI is InChI=1S/C20H22ClN5O/c1-14(27)25-8-5-9-26(11-10-25)19-12-15(16(21)13-22-19)20-23-17-6-3-4-7-18(17)24(20)2/h3-4,6-7,12-13H,5,8-11H2,1-2H3. The van der Waals surface area contributed by atoms with Gasteiger partial charge in [-0.25, -0.2) is 9.97 Å². The predicted octanol–water partition coefficient (Wildman–Crippen LogP) is 3.35. The van der Waals surface area contributed by atoms with Gasteiger partial charge in [-0.15, -0.1) is 0 Å². The van der Waals surface area contributed by atoms with Crippen LogP contribution in [0, 0.1) is 0 Å². The molecule has 27 heavy (non-hydrogen) atoms. The minimum absolute atomic E-state index is 0.126. The molecule has 0 N–H and O–H groups in total. The number of pyridine rings is 1. The second-order valence-electron chi connectivity index (χ2n) is 6.85. The van der Waals surface area contributed by atoms with E-state index < -0.39 is 0 Å². The van der Waals surface area contributed by atoms with Crippen molar-refractivity contribution in [1.82, 2.24) is 19.4 Å². The van der Waals surface area contributed by atoms with E-state index in [0.717, 1.165) is 54.3 Å². The van der Waals surface area contributed by atoms with Crippen LogP contribution in [0.3, 0.4) is 0 Å². The van der Waals surface area contributed by atoms with E-state index in [1.807, 2.05) is 42.3 Å². The van der Waals surface area contributed by atoms with Crippen LogP contribution in [0.4, 0.5) is 5.82 Å². The van der Waals surface area contributed by atoms with Gasteiger partial charge >= 0.3 is 0 Å². The van der Waals surface area contributed by atoms with Crippen molar-refractivity contribution in [3.63, 3.8) is 0 Å². The Morgan fingerprint density at radius 3 is 2.74 bits per heavy atom. The molecule has 0 aliphatic carbocycles. The van der Waals surface area contributed by atoms with Crippen molar-refractivity contribution in [2.75, 3.05) is 31.1 Å². The lowest BCUT2D eigenvalue weighted by atomic mass is 10.2. The van der Waals surface area contributed by atoms with Gasteiger partial charge in [-0.05, 0) is 24.6 Å². The van der Waals surface area contributed by atoms with E-state index in [4.69, 9.17) is 16.6 Å². The molecule has 0 bridgehead atoms. The van der Waals surface area contributed by atoms with E-state index in [2.05, 4.69) is 14.5 Å². The third-order valence-electron chi connectivity index (χ3n) is 5.13. The van der Waals surface area contributed by atoms with E-state index in [0.29, 0.717) is 11.6 Å². The average Bonchev–Trinajstić information content (AvgIpc) is 2.84. The van der Waals surface area contributed by atoms with Crippen molar-refractivity contribution in [3.8, 4) is 11.4 Å². The molecule has 0 radical (unpaired) electrons. The molecule has 1 fully saturated rings. The van der Waals surface area contributed by atoms with E-state index >= 15 is 0 Å². The van der Waals surface area contributed by atoms with Crippen molar-refractivity contribution < 1.29 is 4.79 Å². The Morgan fingerprint density at radius 2 is 1.96 bits per heavy atom. The number of anilines is 1. The molecule has 2 aromatic heterocycles. The molecular formula is C20H22ClN5O. The molecule has 3 heterocycles. The summed E-state index contributed by atoms with van der Waals surface area (Å²) in [6.45, 7) is 4.74. The average molecular weight is 384 g/mol. The number of fused-ring (bicyclic) bond motifs is 1. The smallest absolute Gasteiger partial charge is 0.219 e. The summed E-state index contributed by atoms with van der Waals surface area (Å²) in [5.41, 5.74) is 2.87. The number of rotatable bonds is 2. The maximum absolute atomic E-state index is 11.7.